The summed E-state index contributed by atoms with van der Waals surface area (Å²) in [5.41, 5.74) is 2.57. The van der Waals surface area contributed by atoms with Gasteiger partial charge in [-0.25, -0.2) is 4.99 Å². The highest BCUT2D eigenvalue weighted by molar-refractivity contribution is 5.74. The average molecular weight is 584 g/mol. The highest BCUT2D eigenvalue weighted by atomic mass is 16.7. The average Bonchev–Trinajstić information content (AvgIpc) is 2.93. The first kappa shape index (κ1) is 31.3. The molecule has 40 heavy (non-hydrogen) atoms. The van der Waals surface area contributed by atoms with Crippen LogP contribution >= 0.6 is 0 Å². The van der Waals surface area contributed by atoms with E-state index in [4.69, 9.17) is 28.5 Å². The number of aliphatic hydroxyl groups is 8. The lowest BCUT2D eigenvalue weighted by Gasteiger charge is -2.49. The minimum absolute atomic E-state index is 0.207. The number of hydrogen-bond donors (Lipinski definition) is 10. The fourth-order valence-corrected chi connectivity index (χ4v) is 5.10. The minimum Gasteiger partial charge on any atom is -0.394 e. The Bertz CT molecular complexity index is 898. The van der Waals surface area contributed by atoms with Crippen molar-refractivity contribution in [1.82, 2.24) is 10.8 Å². The van der Waals surface area contributed by atoms with Crippen LogP contribution in [0.15, 0.2) is 4.99 Å². The first-order chi connectivity index (χ1) is 19.0. The predicted molar refractivity (Wildman–Crippen MR) is 126 cm³/mol. The second-order valence-electron chi connectivity index (χ2n) is 9.97. The van der Waals surface area contributed by atoms with Gasteiger partial charge in [-0.1, -0.05) is 0 Å². The molecule has 3 fully saturated rings. The van der Waals surface area contributed by atoms with E-state index in [0.717, 1.165) is 6.92 Å². The largest absolute Gasteiger partial charge is 0.394 e. The van der Waals surface area contributed by atoms with Crippen LogP contribution in [0.5, 0.6) is 0 Å². The molecule has 0 spiro atoms. The van der Waals surface area contributed by atoms with Crippen LogP contribution in [0.25, 0.3) is 0 Å². The fourth-order valence-electron chi connectivity index (χ4n) is 5.10. The van der Waals surface area contributed by atoms with Crippen molar-refractivity contribution in [3.63, 3.8) is 0 Å². The second kappa shape index (κ2) is 13.1. The molecule has 1 amide bonds. The molecule has 15 atom stereocenters. The topological polar surface area (TPSA) is 271 Å². The molecule has 0 radical (unpaired) electrons. The third-order valence-electron chi connectivity index (χ3n) is 7.17. The normalized spacial score (nSPS) is 47.5. The molecule has 4 aliphatic heterocycles. The number of hydrogen-bond acceptors (Lipinski definition) is 17. The van der Waals surface area contributed by atoms with Gasteiger partial charge in [0.15, 0.2) is 18.8 Å². The summed E-state index contributed by atoms with van der Waals surface area (Å²) in [5.74, 6) is -0.414. The van der Waals surface area contributed by atoms with E-state index < -0.39 is 118 Å². The van der Waals surface area contributed by atoms with Gasteiger partial charge in [0.2, 0.25) is 11.8 Å². The van der Waals surface area contributed by atoms with E-state index in [9.17, 15) is 45.6 Å². The second-order valence-corrected chi connectivity index (χ2v) is 9.97. The molecule has 230 valence electrons. The lowest BCUT2D eigenvalue weighted by Crippen LogP contribution is -2.70. The summed E-state index contributed by atoms with van der Waals surface area (Å²) in [6.45, 7) is 0.586. The quantitative estimate of drug-likeness (QED) is 0.127. The number of aliphatic hydroxyl groups excluding tert-OH is 8. The van der Waals surface area contributed by atoms with Crippen LogP contribution in [0.4, 0.5) is 0 Å². The van der Waals surface area contributed by atoms with Crippen molar-refractivity contribution in [3.05, 3.63) is 0 Å². The molecule has 4 rings (SSSR count). The maximum Gasteiger partial charge on any atom is 0.217 e. The van der Waals surface area contributed by atoms with Crippen LogP contribution in [0.3, 0.4) is 0 Å². The molecule has 0 aromatic carbocycles. The van der Waals surface area contributed by atoms with Gasteiger partial charge in [0.25, 0.3) is 0 Å². The summed E-state index contributed by atoms with van der Waals surface area (Å²) in [7, 11) is 0. The summed E-state index contributed by atoms with van der Waals surface area (Å²) >= 11 is 0. The monoisotopic (exact) mass is 583 g/mol. The first-order valence-electron chi connectivity index (χ1n) is 12.7. The van der Waals surface area contributed by atoms with Crippen LogP contribution in [0.1, 0.15) is 13.8 Å². The van der Waals surface area contributed by atoms with E-state index in [-0.39, 0.29) is 5.90 Å². The SMILES string of the molecule is CC(=O)N[C@H]1[C@H](O[C@H]2[C@H](O)[C@H]3N=C(C)ON[C@H]3O[C@@H]2CO)O[C@H](CO)[C@@H](O[C@H]2O[C@H](CO)[C@@H](O)[C@H](O)[C@@H]2O)[C@@H]1O. The molecule has 18 nitrogen and oxygen atoms in total. The number of rotatable bonds is 8. The molecular formula is C22H37N3O15. The number of nitrogens with one attached hydrogen (secondary N) is 2. The molecule has 4 heterocycles. The molecule has 0 unspecified atom stereocenters. The van der Waals surface area contributed by atoms with Crippen molar-refractivity contribution in [3.8, 4) is 0 Å². The zero-order valence-electron chi connectivity index (χ0n) is 21.7. The van der Waals surface area contributed by atoms with Crippen molar-refractivity contribution >= 4 is 11.8 Å². The Balaban J connectivity index is 1.55. The number of carbonyl (C=O) groups is 1. The Morgan fingerprint density at radius 2 is 1.40 bits per heavy atom. The maximum absolute atomic E-state index is 12.0. The zero-order valence-corrected chi connectivity index (χ0v) is 21.7. The van der Waals surface area contributed by atoms with Crippen molar-refractivity contribution < 1.29 is 74.2 Å². The highest BCUT2D eigenvalue weighted by Crippen LogP contribution is 2.33. The number of fused-ring (bicyclic) bond motifs is 1. The summed E-state index contributed by atoms with van der Waals surface area (Å²) in [4.78, 5) is 21.3. The summed E-state index contributed by atoms with van der Waals surface area (Å²) < 4.78 is 28.5. The van der Waals surface area contributed by atoms with Gasteiger partial charge in [0.05, 0.1) is 19.8 Å². The zero-order chi connectivity index (χ0) is 29.3. The molecule has 3 saturated heterocycles. The Hall–Kier alpha value is -1.62. The lowest BCUT2D eigenvalue weighted by atomic mass is 9.94. The Kier molecular flexibility index (Phi) is 10.3. The number of amides is 1. The predicted octanol–water partition coefficient (Wildman–Crippen LogP) is -6.46. The molecular weight excluding hydrogens is 546 g/mol. The number of aliphatic imine (C=N–C) groups is 1. The minimum atomic E-state index is -1.82. The van der Waals surface area contributed by atoms with E-state index in [1.54, 1.807) is 6.92 Å². The summed E-state index contributed by atoms with van der Waals surface area (Å²) in [6, 6.07) is -2.30. The third-order valence-corrected chi connectivity index (χ3v) is 7.17. The van der Waals surface area contributed by atoms with E-state index in [0.29, 0.717) is 0 Å². The standard InChI is InChI=1S/C22H37N3O15/c1-6(29)23-12-15(32)19(39-22-17(34)16(33)13(30)8(3-26)36-22)10(5-28)37-21(12)38-18-9(4-27)35-20-11(14(18)31)24-7(2)40-25-20/h8-22,25-28,30-34H,3-5H2,1-2H3,(H,23,29)/t8-,9-,10-,11-,12-,13-,14-,15-,16+,17+,18-,19-,20+,21+,22-/m1/s1. The molecule has 0 saturated carbocycles. The molecule has 0 aromatic rings. The van der Waals surface area contributed by atoms with Crippen LogP contribution < -0.4 is 10.8 Å². The maximum atomic E-state index is 12.0. The van der Waals surface area contributed by atoms with Crippen LogP contribution in [-0.4, -0.2) is 164 Å². The Labute approximate surface area is 228 Å². The Morgan fingerprint density at radius 1 is 0.825 bits per heavy atom. The van der Waals surface area contributed by atoms with Gasteiger partial charge in [0.1, 0.15) is 73.1 Å². The third kappa shape index (κ3) is 6.25. The van der Waals surface area contributed by atoms with Crippen LogP contribution in [-0.2, 0) is 33.3 Å². The molecule has 0 aliphatic carbocycles. The number of ether oxygens (including phenoxy) is 5. The molecule has 10 N–H and O–H groups in total. The van der Waals surface area contributed by atoms with Crippen molar-refractivity contribution in [2.24, 2.45) is 4.99 Å². The Morgan fingerprint density at radius 3 is 2.02 bits per heavy atom. The van der Waals surface area contributed by atoms with Gasteiger partial charge >= 0.3 is 0 Å². The van der Waals surface area contributed by atoms with Gasteiger partial charge in [-0.05, 0) is 0 Å². The van der Waals surface area contributed by atoms with Gasteiger partial charge in [0, 0.05) is 13.8 Å². The van der Waals surface area contributed by atoms with Crippen LogP contribution in [0, 0.1) is 0 Å². The smallest absolute Gasteiger partial charge is 0.217 e. The number of hydroxylamine groups is 1. The lowest BCUT2D eigenvalue weighted by molar-refractivity contribution is -0.358. The molecule has 18 heteroatoms. The van der Waals surface area contributed by atoms with E-state index in [2.05, 4.69) is 15.8 Å². The van der Waals surface area contributed by atoms with Gasteiger partial charge in [-0.15, -0.1) is 5.48 Å². The van der Waals surface area contributed by atoms with Crippen molar-refractivity contribution in [2.45, 2.75) is 106 Å². The molecule has 0 aromatic heterocycles. The van der Waals surface area contributed by atoms with Gasteiger partial charge < -0.3 is 74.7 Å². The van der Waals surface area contributed by atoms with E-state index in [1.165, 1.54) is 0 Å². The summed E-state index contributed by atoms with van der Waals surface area (Å²) in [5, 5.41) is 84.6. The van der Waals surface area contributed by atoms with E-state index in [1.807, 2.05) is 0 Å². The van der Waals surface area contributed by atoms with Gasteiger partial charge in [-0.3, -0.25) is 4.79 Å². The molecule has 4 aliphatic rings. The first-order valence-corrected chi connectivity index (χ1v) is 12.7. The van der Waals surface area contributed by atoms with Gasteiger partial charge in [-0.2, -0.15) is 0 Å². The number of nitrogens with zero attached hydrogens (tertiary/aromatic N) is 1. The highest BCUT2D eigenvalue weighted by Gasteiger charge is 2.54. The van der Waals surface area contributed by atoms with Crippen molar-refractivity contribution in [2.75, 3.05) is 19.8 Å². The fraction of sp³-hybridized carbons (Fsp3) is 0.909. The summed E-state index contributed by atoms with van der Waals surface area (Å²) in [6.07, 6.45) is -19.1. The molecule has 0 bridgehead atoms. The van der Waals surface area contributed by atoms with E-state index >= 15 is 0 Å². The number of carbonyl (C=O) groups excluding carboxylic acids is 1. The van der Waals surface area contributed by atoms with Crippen LogP contribution in [0.2, 0.25) is 0 Å². The van der Waals surface area contributed by atoms with Crippen molar-refractivity contribution in [1.29, 1.82) is 0 Å².